The van der Waals surface area contributed by atoms with Crippen molar-refractivity contribution in [2.24, 2.45) is 0 Å². The molecule has 1 aromatic carbocycles. The third-order valence-electron chi connectivity index (χ3n) is 5.55. The SMILES string of the molecule is COC(=O)C1=C(Nc2ccc(NC3CCCN(C(=O)OC(C)(C)C)C3)cc2)C(=O)N(CCO)C1. The van der Waals surface area contributed by atoms with Gasteiger partial charge in [0, 0.05) is 37.1 Å². The van der Waals surface area contributed by atoms with Crippen molar-refractivity contribution >= 4 is 29.3 Å². The number of methoxy groups -OCH3 is 1. The molecule has 0 aromatic heterocycles. The number of piperidine rings is 1. The highest BCUT2D eigenvalue weighted by Crippen LogP contribution is 2.25. The molecule has 10 nitrogen and oxygen atoms in total. The highest BCUT2D eigenvalue weighted by Gasteiger charge is 2.34. The first kappa shape index (κ1) is 25.4. The number of ether oxygens (including phenoxy) is 2. The summed E-state index contributed by atoms with van der Waals surface area (Å²) in [6.07, 6.45) is 1.52. The van der Waals surface area contributed by atoms with Gasteiger partial charge < -0.3 is 35.0 Å². The van der Waals surface area contributed by atoms with E-state index in [1.54, 1.807) is 17.0 Å². The van der Waals surface area contributed by atoms with Crippen LogP contribution in [0.5, 0.6) is 0 Å². The molecule has 2 heterocycles. The number of anilines is 2. The minimum absolute atomic E-state index is 0.0872. The first-order chi connectivity index (χ1) is 16.1. The highest BCUT2D eigenvalue weighted by atomic mass is 16.6. The second-order valence-corrected chi connectivity index (χ2v) is 9.41. The number of hydrogen-bond donors (Lipinski definition) is 3. The van der Waals surface area contributed by atoms with E-state index >= 15 is 0 Å². The van der Waals surface area contributed by atoms with Gasteiger partial charge in [0.1, 0.15) is 11.3 Å². The molecule has 1 aromatic rings. The Morgan fingerprint density at radius 3 is 2.47 bits per heavy atom. The van der Waals surface area contributed by atoms with Crippen LogP contribution in [0.25, 0.3) is 0 Å². The maximum Gasteiger partial charge on any atom is 0.410 e. The van der Waals surface area contributed by atoms with Crippen molar-refractivity contribution in [1.29, 1.82) is 0 Å². The van der Waals surface area contributed by atoms with Crippen molar-refractivity contribution in [3.05, 3.63) is 35.5 Å². The van der Waals surface area contributed by atoms with Gasteiger partial charge in [0.05, 0.1) is 25.8 Å². The Balaban J connectivity index is 1.63. The molecule has 2 amide bonds. The molecular formula is C24H34N4O6. The quantitative estimate of drug-likeness (QED) is 0.515. The van der Waals surface area contributed by atoms with E-state index < -0.39 is 11.6 Å². The summed E-state index contributed by atoms with van der Waals surface area (Å²) in [5, 5.41) is 15.7. The Labute approximate surface area is 199 Å². The summed E-state index contributed by atoms with van der Waals surface area (Å²) in [6, 6.07) is 7.45. The Bertz CT molecular complexity index is 938. The summed E-state index contributed by atoms with van der Waals surface area (Å²) in [5.41, 5.74) is 1.37. The minimum Gasteiger partial charge on any atom is -0.466 e. The van der Waals surface area contributed by atoms with Gasteiger partial charge in [-0.05, 0) is 57.9 Å². The van der Waals surface area contributed by atoms with E-state index in [1.807, 2.05) is 32.9 Å². The smallest absolute Gasteiger partial charge is 0.410 e. The van der Waals surface area contributed by atoms with Gasteiger partial charge in [0.15, 0.2) is 0 Å². The zero-order valence-electron chi connectivity index (χ0n) is 20.2. The molecule has 2 aliphatic heterocycles. The van der Waals surface area contributed by atoms with E-state index in [9.17, 15) is 19.5 Å². The highest BCUT2D eigenvalue weighted by molar-refractivity contribution is 6.08. The number of aliphatic hydroxyl groups is 1. The van der Waals surface area contributed by atoms with E-state index in [1.165, 1.54) is 12.0 Å². The Kier molecular flexibility index (Phi) is 8.03. The molecule has 2 aliphatic rings. The van der Waals surface area contributed by atoms with Crippen LogP contribution < -0.4 is 10.6 Å². The van der Waals surface area contributed by atoms with Crippen LogP contribution in [0.2, 0.25) is 0 Å². The monoisotopic (exact) mass is 474 g/mol. The molecule has 3 N–H and O–H groups in total. The van der Waals surface area contributed by atoms with Gasteiger partial charge in [0.2, 0.25) is 0 Å². The van der Waals surface area contributed by atoms with Crippen molar-refractivity contribution in [2.75, 3.05) is 50.5 Å². The fourth-order valence-electron chi connectivity index (χ4n) is 3.97. The number of likely N-dealkylation sites (tertiary alicyclic amines) is 1. The molecule has 0 bridgehead atoms. The summed E-state index contributed by atoms with van der Waals surface area (Å²) in [7, 11) is 1.27. The van der Waals surface area contributed by atoms with Crippen molar-refractivity contribution in [2.45, 2.75) is 45.3 Å². The average Bonchev–Trinajstić information content (AvgIpc) is 3.09. The van der Waals surface area contributed by atoms with Gasteiger partial charge in [-0.1, -0.05) is 0 Å². The number of carbonyl (C=O) groups is 3. The summed E-state index contributed by atoms with van der Waals surface area (Å²) < 4.78 is 10.3. The zero-order valence-corrected chi connectivity index (χ0v) is 20.2. The summed E-state index contributed by atoms with van der Waals surface area (Å²) in [4.78, 5) is 40.3. The number of aliphatic hydroxyl groups excluding tert-OH is 1. The normalized spacial score (nSPS) is 18.7. The van der Waals surface area contributed by atoms with Crippen molar-refractivity contribution in [1.82, 2.24) is 9.80 Å². The number of benzene rings is 1. The van der Waals surface area contributed by atoms with Crippen LogP contribution in [-0.4, -0.2) is 84.4 Å². The summed E-state index contributed by atoms with van der Waals surface area (Å²) in [5.74, 6) is -0.942. The Hall–Kier alpha value is -3.27. The summed E-state index contributed by atoms with van der Waals surface area (Å²) >= 11 is 0. The van der Waals surface area contributed by atoms with Crippen molar-refractivity contribution < 1.29 is 29.0 Å². The fourth-order valence-corrected chi connectivity index (χ4v) is 3.97. The number of nitrogens with zero attached hydrogens (tertiary/aromatic N) is 2. The predicted octanol–water partition coefficient (Wildman–Crippen LogP) is 2.17. The molecule has 1 saturated heterocycles. The maximum absolute atomic E-state index is 12.7. The van der Waals surface area contributed by atoms with Gasteiger partial charge in [-0.15, -0.1) is 0 Å². The molecular weight excluding hydrogens is 440 g/mol. The number of amides is 2. The first-order valence-electron chi connectivity index (χ1n) is 11.4. The number of esters is 1. The lowest BCUT2D eigenvalue weighted by molar-refractivity contribution is -0.136. The van der Waals surface area contributed by atoms with Gasteiger partial charge >= 0.3 is 12.1 Å². The molecule has 0 spiro atoms. The van der Waals surface area contributed by atoms with E-state index in [2.05, 4.69) is 10.6 Å². The minimum atomic E-state index is -0.582. The Morgan fingerprint density at radius 2 is 1.85 bits per heavy atom. The van der Waals surface area contributed by atoms with Crippen LogP contribution >= 0.6 is 0 Å². The van der Waals surface area contributed by atoms with Crippen LogP contribution in [0.1, 0.15) is 33.6 Å². The molecule has 1 fully saturated rings. The van der Waals surface area contributed by atoms with E-state index in [0.717, 1.165) is 18.5 Å². The van der Waals surface area contributed by atoms with E-state index in [-0.39, 0.29) is 49.0 Å². The standard InChI is InChI=1S/C24H34N4O6/c1-24(2,3)34-23(32)28-11-5-6-18(14-28)25-16-7-9-17(10-8-16)26-20-19(22(31)33-4)15-27(12-13-29)21(20)30/h7-10,18,25-26,29H,5-6,11-15H2,1-4H3. The van der Waals surface area contributed by atoms with Crippen LogP contribution in [0.4, 0.5) is 16.2 Å². The van der Waals surface area contributed by atoms with Gasteiger partial charge in [-0.2, -0.15) is 0 Å². The second kappa shape index (κ2) is 10.8. The van der Waals surface area contributed by atoms with E-state index in [4.69, 9.17) is 9.47 Å². The lowest BCUT2D eigenvalue weighted by atomic mass is 10.1. The molecule has 1 atom stereocenters. The lowest BCUT2D eigenvalue weighted by Gasteiger charge is -2.34. The third-order valence-corrected chi connectivity index (χ3v) is 5.55. The van der Waals surface area contributed by atoms with Crippen LogP contribution in [0.15, 0.2) is 35.5 Å². The molecule has 34 heavy (non-hydrogen) atoms. The first-order valence-corrected chi connectivity index (χ1v) is 11.4. The van der Waals surface area contributed by atoms with Crippen molar-refractivity contribution in [3.63, 3.8) is 0 Å². The number of β-amino-alcohol motifs (C(OH)–C–C–N with tert-alkyl or cyclic N) is 1. The lowest BCUT2D eigenvalue weighted by Crippen LogP contribution is -2.46. The zero-order chi connectivity index (χ0) is 24.9. The van der Waals surface area contributed by atoms with E-state index in [0.29, 0.717) is 18.8 Å². The number of rotatable bonds is 7. The molecule has 10 heteroatoms. The largest absolute Gasteiger partial charge is 0.466 e. The van der Waals surface area contributed by atoms with Crippen molar-refractivity contribution in [3.8, 4) is 0 Å². The molecule has 3 rings (SSSR count). The maximum atomic E-state index is 12.7. The molecule has 0 saturated carbocycles. The molecule has 186 valence electrons. The molecule has 0 aliphatic carbocycles. The van der Waals surface area contributed by atoms with Crippen LogP contribution in [0, 0.1) is 0 Å². The second-order valence-electron chi connectivity index (χ2n) is 9.41. The summed E-state index contributed by atoms with van der Waals surface area (Å²) in [6.45, 7) is 6.82. The number of hydrogen-bond acceptors (Lipinski definition) is 8. The van der Waals surface area contributed by atoms with Gasteiger partial charge in [-0.25, -0.2) is 9.59 Å². The van der Waals surface area contributed by atoms with Crippen LogP contribution in [0.3, 0.4) is 0 Å². The molecule has 1 unspecified atom stereocenters. The topological polar surface area (TPSA) is 120 Å². The predicted molar refractivity (Wildman–Crippen MR) is 127 cm³/mol. The number of carbonyl (C=O) groups excluding carboxylic acids is 3. The molecule has 0 radical (unpaired) electrons. The van der Waals surface area contributed by atoms with Gasteiger partial charge in [-0.3, -0.25) is 4.79 Å². The average molecular weight is 475 g/mol. The van der Waals surface area contributed by atoms with Gasteiger partial charge in [0.25, 0.3) is 5.91 Å². The Morgan fingerprint density at radius 1 is 1.18 bits per heavy atom. The fraction of sp³-hybridized carbons (Fsp3) is 0.542. The third kappa shape index (κ3) is 6.40. The van der Waals surface area contributed by atoms with Crippen LogP contribution in [-0.2, 0) is 19.1 Å². The number of nitrogens with one attached hydrogen (secondary N) is 2.